The summed E-state index contributed by atoms with van der Waals surface area (Å²) < 4.78 is 103. The molecule has 3 aromatic carbocycles. The molecule has 3 aromatic rings. The summed E-state index contributed by atoms with van der Waals surface area (Å²) in [7, 11) is 1.05. The Bertz CT molecular complexity index is 1340. The van der Waals surface area contributed by atoms with E-state index in [1.54, 1.807) is 30.3 Å². The molecule has 1 aliphatic carbocycles. The van der Waals surface area contributed by atoms with Gasteiger partial charge in [-0.3, -0.25) is 0 Å². The summed E-state index contributed by atoms with van der Waals surface area (Å²) in [5.74, 6) is -1.78. The predicted molar refractivity (Wildman–Crippen MR) is 134 cm³/mol. The van der Waals surface area contributed by atoms with Crippen molar-refractivity contribution in [3.05, 3.63) is 100 Å². The maximum Gasteiger partial charge on any atom is 0.419 e. The number of carbonyl (C=O) groups excluding carboxylic acids is 1. The number of carbonyl (C=O) groups is 1. The molecule has 1 fully saturated rings. The van der Waals surface area contributed by atoms with Gasteiger partial charge in [0.1, 0.15) is 11.6 Å². The number of halogens is 7. The van der Waals surface area contributed by atoms with Gasteiger partial charge < -0.3 is 15.4 Å². The van der Waals surface area contributed by atoms with Crippen LogP contribution in [-0.2, 0) is 24.3 Å². The second-order valence-electron chi connectivity index (χ2n) is 9.79. The molecule has 0 unspecified atom stereocenters. The Labute approximate surface area is 226 Å². The fourth-order valence-corrected chi connectivity index (χ4v) is 5.14. The number of benzene rings is 3. The molecular weight excluding hydrogens is 541 g/mol. The van der Waals surface area contributed by atoms with Crippen molar-refractivity contribution >= 4 is 6.03 Å². The maximum atomic E-state index is 14.8. The van der Waals surface area contributed by atoms with Crippen LogP contribution >= 0.6 is 0 Å². The van der Waals surface area contributed by atoms with Gasteiger partial charge in [-0.2, -0.15) is 26.3 Å². The second-order valence-corrected chi connectivity index (χ2v) is 9.79. The molecule has 0 bridgehead atoms. The lowest BCUT2D eigenvalue weighted by molar-refractivity contribution is -0.139. The van der Waals surface area contributed by atoms with E-state index in [2.05, 4.69) is 10.6 Å². The van der Waals surface area contributed by atoms with E-state index in [1.165, 1.54) is 6.07 Å². The van der Waals surface area contributed by atoms with Crippen LogP contribution in [0, 0.1) is 5.82 Å². The van der Waals surface area contributed by atoms with Gasteiger partial charge in [0.15, 0.2) is 0 Å². The van der Waals surface area contributed by atoms with Crippen molar-refractivity contribution in [3.8, 4) is 5.75 Å². The van der Waals surface area contributed by atoms with Crippen molar-refractivity contribution in [2.75, 3.05) is 7.11 Å². The zero-order chi connectivity index (χ0) is 29.1. The third-order valence-electron chi connectivity index (χ3n) is 7.05. The molecular formula is C29H27F7N2O2. The minimum Gasteiger partial charge on any atom is -0.496 e. The summed E-state index contributed by atoms with van der Waals surface area (Å²) in [6, 6.07) is 11.9. The first-order valence-corrected chi connectivity index (χ1v) is 12.6. The van der Waals surface area contributed by atoms with E-state index in [-0.39, 0.29) is 23.6 Å². The summed E-state index contributed by atoms with van der Waals surface area (Å²) in [5.41, 5.74) is -4.68. The van der Waals surface area contributed by atoms with E-state index in [0.29, 0.717) is 30.5 Å². The highest BCUT2D eigenvalue weighted by Crippen LogP contribution is 2.43. The molecule has 11 heteroatoms. The van der Waals surface area contributed by atoms with Crippen molar-refractivity contribution < 1.29 is 40.3 Å². The van der Waals surface area contributed by atoms with Gasteiger partial charge in [0.2, 0.25) is 0 Å². The Morgan fingerprint density at radius 3 is 2.10 bits per heavy atom. The third kappa shape index (κ3) is 6.51. The quantitative estimate of drug-likeness (QED) is 0.289. The summed E-state index contributed by atoms with van der Waals surface area (Å²) in [6.07, 6.45) is -7.05. The lowest BCUT2D eigenvalue weighted by Crippen LogP contribution is -2.53. The van der Waals surface area contributed by atoms with Crippen LogP contribution in [0.4, 0.5) is 35.5 Å². The molecule has 40 heavy (non-hydrogen) atoms. The van der Waals surface area contributed by atoms with Gasteiger partial charge in [0.05, 0.1) is 23.8 Å². The lowest BCUT2D eigenvalue weighted by Gasteiger charge is -2.37. The first-order valence-electron chi connectivity index (χ1n) is 12.6. The average Bonchev–Trinajstić information content (AvgIpc) is 3.40. The van der Waals surface area contributed by atoms with E-state index < -0.39 is 46.6 Å². The van der Waals surface area contributed by atoms with Crippen LogP contribution in [0.1, 0.15) is 53.5 Å². The van der Waals surface area contributed by atoms with Gasteiger partial charge in [0.25, 0.3) is 0 Å². The van der Waals surface area contributed by atoms with E-state index in [1.807, 2.05) is 0 Å². The standard InChI is InChI=1S/C29H27F7N2O2/c1-40-25-12-11-19(16-24(25)29(34,35)36)27(17-18-7-3-2-4-8-18,38-26(39)37-23-9-5-6-10-23)20-13-21(28(31,32)33)15-22(30)14-20/h2-4,7-8,11-16,23H,5-6,9-10,17H2,1H3,(H2,37,38,39)/t27-/m1/s1. The number of urea groups is 1. The van der Waals surface area contributed by atoms with E-state index in [4.69, 9.17) is 4.74 Å². The minimum absolute atomic E-state index is 0.204. The summed E-state index contributed by atoms with van der Waals surface area (Å²) in [5, 5.41) is 5.44. The van der Waals surface area contributed by atoms with Crippen LogP contribution in [0.2, 0.25) is 0 Å². The largest absolute Gasteiger partial charge is 0.496 e. The molecule has 4 rings (SSSR count). The maximum absolute atomic E-state index is 14.8. The Kier molecular flexibility index (Phi) is 8.32. The molecule has 0 spiro atoms. The van der Waals surface area contributed by atoms with Gasteiger partial charge in [-0.05, 0) is 59.9 Å². The zero-order valence-corrected chi connectivity index (χ0v) is 21.4. The predicted octanol–water partition coefficient (Wildman–Crippen LogP) is 7.60. The highest BCUT2D eigenvalue weighted by atomic mass is 19.4. The van der Waals surface area contributed by atoms with Gasteiger partial charge >= 0.3 is 18.4 Å². The van der Waals surface area contributed by atoms with Crippen LogP contribution in [0.5, 0.6) is 5.75 Å². The third-order valence-corrected chi connectivity index (χ3v) is 7.05. The van der Waals surface area contributed by atoms with E-state index in [0.717, 1.165) is 38.2 Å². The molecule has 214 valence electrons. The van der Waals surface area contributed by atoms with Gasteiger partial charge in [-0.15, -0.1) is 0 Å². The van der Waals surface area contributed by atoms with Crippen molar-refractivity contribution in [3.63, 3.8) is 0 Å². The Hall–Kier alpha value is -3.76. The summed E-state index contributed by atoms with van der Waals surface area (Å²) >= 11 is 0. The molecule has 0 saturated heterocycles. The van der Waals surface area contributed by atoms with Crippen molar-refractivity contribution in [2.24, 2.45) is 0 Å². The smallest absolute Gasteiger partial charge is 0.419 e. The highest BCUT2D eigenvalue weighted by Gasteiger charge is 2.43. The number of alkyl halides is 6. The topological polar surface area (TPSA) is 50.4 Å². The molecule has 2 amide bonds. The van der Waals surface area contributed by atoms with Gasteiger partial charge in [-0.25, -0.2) is 9.18 Å². The number of hydrogen-bond donors (Lipinski definition) is 2. The minimum atomic E-state index is -4.96. The Morgan fingerprint density at radius 2 is 1.50 bits per heavy atom. The number of hydrogen-bond acceptors (Lipinski definition) is 2. The highest BCUT2D eigenvalue weighted by molar-refractivity contribution is 5.76. The molecule has 0 heterocycles. The molecule has 1 saturated carbocycles. The number of methoxy groups -OCH3 is 1. The number of ether oxygens (including phenoxy) is 1. The van der Waals surface area contributed by atoms with Crippen LogP contribution < -0.4 is 15.4 Å². The van der Waals surface area contributed by atoms with E-state index >= 15 is 0 Å². The van der Waals surface area contributed by atoms with Crippen molar-refractivity contribution in [1.82, 2.24) is 10.6 Å². The zero-order valence-electron chi connectivity index (χ0n) is 21.4. The lowest BCUT2D eigenvalue weighted by atomic mass is 9.76. The molecule has 1 atom stereocenters. The Morgan fingerprint density at radius 1 is 0.850 bits per heavy atom. The Balaban J connectivity index is 1.99. The summed E-state index contributed by atoms with van der Waals surface area (Å²) in [4.78, 5) is 13.3. The molecule has 0 radical (unpaired) electrons. The molecule has 0 aromatic heterocycles. The molecule has 0 aliphatic heterocycles. The van der Waals surface area contributed by atoms with Crippen LogP contribution in [-0.4, -0.2) is 19.2 Å². The molecule has 2 N–H and O–H groups in total. The fraction of sp³-hybridized carbons (Fsp3) is 0.345. The van der Waals surface area contributed by atoms with Gasteiger partial charge in [0, 0.05) is 12.5 Å². The molecule has 4 nitrogen and oxygen atoms in total. The first-order chi connectivity index (χ1) is 18.8. The number of nitrogens with one attached hydrogen (secondary N) is 2. The summed E-state index contributed by atoms with van der Waals surface area (Å²) in [6.45, 7) is 0. The molecule has 1 aliphatic rings. The SMILES string of the molecule is COc1ccc([C@@](Cc2ccccc2)(NC(=O)NC2CCCC2)c2cc(F)cc(C(F)(F)F)c2)cc1C(F)(F)F. The number of amides is 2. The second kappa shape index (κ2) is 11.4. The number of rotatable bonds is 7. The van der Waals surface area contributed by atoms with Crippen LogP contribution in [0.15, 0.2) is 66.7 Å². The normalized spacial score (nSPS) is 15.9. The van der Waals surface area contributed by atoms with Crippen LogP contribution in [0.25, 0.3) is 0 Å². The first kappa shape index (κ1) is 29.2. The average molecular weight is 569 g/mol. The van der Waals surface area contributed by atoms with Gasteiger partial charge in [-0.1, -0.05) is 49.2 Å². The van der Waals surface area contributed by atoms with Crippen LogP contribution in [0.3, 0.4) is 0 Å². The van der Waals surface area contributed by atoms with Crippen molar-refractivity contribution in [1.29, 1.82) is 0 Å². The monoisotopic (exact) mass is 568 g/mol. The van der Waals surface area contributed by atoms with E-state index in [9.17, 15) is 35.5 Å². The fourth-order valence-electron chi connectivity index (χ4n) is 5.14. The van der Waals surface area contributed by atoms with Crippen molar-refractivity contribution in [2.45, 2.75) is 56.0 Å².